The van der Waals surface area contributed by atoms with Crippen molar-refractivity contribution in [2.45, 2.75) is 64.2 Å². The first-order valence-electron chi connectivity index (χ1n) is 12.8. The Kier molecular flexibility index (Phi) is 8.72. The van der Waals surface area contributed by atoms with E-state index in [4.69, 9.17) is 9.47 Å². The number of ether oxygens (including phenoxy) is 2. The lowest BCUT2D eigenvalue weighted by molar-refractivity contribution is 0.310. The van der Waals surface area contributed by atoms with Crippen molar-refractivity contribution in [1.29, 1.82) is 0 Å². The van der Waals surface area contributed by atoms with Crippen molar-refractivity contribution in [1.82, 2.24) is 0 Å². The molecule has 0 N–H and O–H groups in total. The second-order valence-electron chi connectivity index (χ2n) is 9.40. The minimum atomic E-state index is -1.01. The van der Waals surface area contributed by atoms with Crippen LogP contribution < -0.4 is 9.47 Å². The highest BCUT2D eigenvalue weighted by Gasteiger charge is 2.28. The molecule has 0 heterocycles. The zero-order valence-corrected chi connectivity index (χ0v) is 21.1. The predicted molar refractivity (Wildman–Crippen MR) is 133 cm³/mol. The summed E-state index contributed by atoms with van der Waals surface area (Å²) >= 11 is 0. The van der Waals surface area contributed by atoms with E-state index in [9.17, 15) is 17.6 Å². The van der Waals surface area contributed by atoms with Crippen LogP contribution in [0.1, 0.15) is 73.6 Å². The Bertz CT molecular complexity index is 1240. The van der Waals surface area contributed by atoms with Gasteiger partial charge in [-0.2, -0.15) is 8.78 Å². The Morgan fingerprint density at radius 2 is 1.16 bits per heavy atom. The zero-order chi connectivity index (χ0) is 26.5. The maximum absolute atomic E-state index is 15.0. The molecule has 0 saturated heterocycles. The smallest absolute Gasteiger partial charge is 0.200 e. The first kappa shape index (κ1) is 27.0. The maximum Gasteiger partial charge on any atom is 0.200 e. The molecule has 0 bridgehead atoms. The van der Waals surface area contributed by atoms with Crippen LogP contribution in [0.5, 0.6) is 11.5 Å². The third-order valence-electron chi connectivity index (χ3n) is 7.16. The van der Waals surface area contributed by atoms with Crippen molar-refractivity contribution in [3.05, 3.63) is 93.8 Å². The summed E-state index contributed by atoms with van der Waals surface area (Å²) in [7, 11) is 0. The summed E-state index contributed by atoms with van der Waals surface area (Å²) in [6.07, 6.45) is 3.15. The molecule has 3 aromatic rings. The summed E-state index contributed by atoms with van der Waals surface area (Å²) in [5.41, 5.74) is 1.84. The molecule has 0 amide bonds. The van der Waals surface area contributed by atoms with Crippen LogP contribution in [0.25, 0.3) is 0 Å². The van der Waals surface area contributed by atoms with Crippen molar-refractivity contribution in [3.8, 4) is 11.5 Å². The SMILES string of the molecule is CCOc1ccc(CCc2ccc(C3CCC(c4ccc(OCC)c(F)c4F)CC3)c(F)c2)c(F)c1F. The van der Waals surface area contributed by atoms with Gasteiger partial charge in [0.2, 0.25) is 11.6 Å². The van der Waals surface area contributed by atoms with Crippen LogP contribution in [0.3, 0.4) is 0 Å². The lowest BCUT2D eigenvalue weighted by Gasteiger charge is -2.29. The molecule has 0 spiro atoms. The Hall–Kier alpha value is -3.09. The topological polar surface area (TPSA) is 18.5 Å². The van der Waals surface area contributed by atoms with Crippen LogP contribution in [-0.2, 0) is 12.8 Å². The van der Waals surface area contributed by atoms with Crippen molar-refractivity contribution < 1.29 is 31.4 Å². The van der Waals surface area contributed by atoms with Gasteiger partial charge in [-0.15, -0.1) is 0 Å². The van der Waals surface area contributed by atoms with Crippen molar-refractivity contribution in [2.75, 3.05) is 13.2 Å². The molecular formula is C30H31F5O2. The largest absolute Gasteiger partial charge is 0.491 e. The number of hydrogen-bond acceptors (Lipinski definition) is 2. The maximum atomic E-state index is 15.0. The van der Waals surface area contributed by atoms with Gasteiger partial charge in [-0.25, -0.2) is 13.2 Å². The second kappa shape index (κ2) is 12.0. The molecular weight excluding hydrogens is 487 g/mol. The molecule has 3 aromatic carbocycles. The molecule has 37 heavy (non-hydrogen) atoms. The fourth-order valence-electron chi connectivity index (χ4n) is 5.21. The minimum Gasteiger partial charge on any atom is -0.491 e. The fraction of sp³-hybridized carbons (Fsp3) is 0.400. The van der Waals surface area contributed by atoms with E-state index < -0.39 is 23.3 Å². The molecule has 0 unspecified atom stereocenters. The zero-order valence-electron chi connectivity index (χ0n) is 21.1. The Labute approximate surface area is 214 Å². The Balaban J connectivity index is 1.38. The lowest BCUT2D eigenvalue weighted by atomic mass is 9.75. The Morgan fingerprint density at radius 3 is 1.76 bits per heavy atom. The van der Waals surface area contributed by atoms with Crippen LogP contribution in [0.4, 0.5) is 22.0 Å². The van der Waals surface area contributed by atoms with Crippen LogP contribution in [-0.4, -0.2) is 13.2 Å². The van der Waals surface area contributed by atoms with E-state index in [2.05, 4.69) is 0 Å². The lowest BCUT2D eigenvalue weighted by Crippen LogP contribution is -2.15. The van der Waals surface area contributed by atoms with E-state index in [1.54, 1.807) is 26.0 Å². The first-order valence-corrected chi connectivity index (χ1v) is 12.8. The van der Waals surface area contributed by atoms with Gasteiger partial charge >= 0.3 is 0 Å². The molecule has 4 rings (SSSR count). The highest BCUT2D eigenvalue weighted by molar-refractivity contribution is 5.35. The third kappa shape index (κ3) is 5.91. The number of halogens is 5. The van der Waals surface area contributed by atoms with Crippen LogP contribution in [0.15, 0.2) is 42.5 Å². The van der Waals surface area contributed by atoms with Gasteiger partial charge in [0.15, 0.2) is 23.1 Å². The van der Waals surface area contributed by atoms with Crippen LogP contribution in [0.2, 0.25) is 0 Å². The van der Waals surface area contributed by atoms with Crippen molar-refractivity contribution in [3.63, 3.8) is 0 Å². The third-order valence-corrected chi connectivity index (χ3v) is 7.16. The van der Waals surface area contributed by atoms with Gasteiger partial charge in [-0.1, -0.05) is 24.3 Å². The van der Waals surface area contributed by atoms with Gasteiger partial charge in [0, 0.05) is 0 Å². The van der Waals surface area contributed by atoms with Gasteiger partial charge in [-0.05, 0) is 105 Å². The van der Waals surface area contributed by atoms with E-state index in [1.807, 2.05) is 6.07 Å². The summed E-state index contributed by atoms with van der Waals surface area (Å²) in [5.74, 6) is -4.47. The van der Waals surface area contributed by atoms with Gasteiger partial charge in [-0.3, -0.25) is 0 Å². The van der Waals surface area contributed by atoms with E-state index in [0.29, 0.717) is 48.8 Å². The molecule has 2 nitrogen and oxygen atoms in total. The predicted octanol–water partition coefficient (Wildman–Crippen LogP) is 8.41. The molecule has 1 aliphatic rings. The molecule has 7 heteroatoms. The van der Waals surface area contributed by atoms with E-state index >= 15 is 4.39 Å². The average Bonchev–Trinajstić information content (AvgIpc) is 2.90. The van der Waals surface area contributed by atoms with Crippen molar-refractivity contribution >= 4 is 0 Å². The number of rotatable bonds is 9. The highest BCUT2D eigenvalue weighted by Crippen LogP contribution is 2.43. The monoisotopic (exact) mass is 518 g/mol. The number of aryl methyl sites for hydroxylation is 2. The summed E-state index contributed by atoms with van der Waals surface area (Å²) in [6.45, 7) is 3.89. The summed E-state index contributed by atoms with van der Waals surface area (Å²) in [6, 6.07) is 11.0. The van der Waals surface area contributed by atoms with Gasteiger partial charge in [0.05, 0.1) is 13.2 Å². The summed E-state index contributed by atoms with van der Waals surface area (Å²) < 4.78 is 82.6. The molecule has 1 saturated carbocycles. The van der Waals surface area contributed by atoms with Crippen LogP contribution >= 0.6 is 0 Å². The van der Waals surface area contributed by atoms with Crippen LogP contribution in [0, 0.1) is 29.1 Å². The molecule has 0 radical (unpaired) electrons. The first-order chi connectivity index (χ1) is 17.8. The minimum absolute atomic E-state index is 0.0152. The normalized spacial score (nSPS) is 17.6. The van der Waals surface area contributed by atoms with Gasteiger partial charge < -0.3 is 9.47 Å². The van der Waals surface area contributed by atoms with Gasteiger partial charge in [0.25, 0.3) is 0 Å². The molecule has 0 aromatic heterocycles. The number of benzene rings is 3. The molecule has 0 aliphatic heterocycles. The molecule has 198 valence electrons. The number of hydrogen-bond donors (Lipinski definition) is 0. The van der Waals surface area contributed by atoms with Gasteiger partial charge in [0.1, 0.15) is 5.82 Å². The summed E-state index contributed by atoms with van der Waals surface area (Å²) in [5, 5.41) is 0. The van der Waals surface area contributed by atoms with Crippen molar-refractivity contribution in [2.24, 2.45) is 0 Å². The van der Waals surface area contributed by atoms with E-state index in [1.165, 1.54) is 24.3 Å². The Morgan fingerprint density at radius 1 is 0.622 bits per heavy atom. The highest BCUT2D eigenvalue weighted by atomic mass is 19.2. The second-order valence-corrected chi connectivity index (χ2v) is 9.40. The fourth-order valence-corrected chi connectivity index (χ4v) is 5.21. The molecule has 0 atom stereocenters. The van der Waals surface area contributed by atoms with E-state index in [0.717, 1.165) is 0 Å². The van der Waals surface area contributed by atoms with E-state index in [-0.39, 0.29) is 54.4 Å². The summed E-state index contributed by atoms with van der Waals surface area (Å²) in [4.78, 5) is 0. The standard InChI is InChI=1S/C30H31F5O2/c1-3-36-25-15-12-21(27(32)29(25)34)7-5-18-6-13-22(24(31)17-18)19-8-10-20(11-9-19)23-14-16-26(37-4-2)30(35)28(23)33/h6,12-17,19-20H,3-5,7-11H2,1-2H3. The molecule has 1 aliphatic carbocycles. The average molecular weight is 519 g/mol. The quantitative estimate of drug-likeness (QED) is 0.265. The molecule has 1 fully saturated rings.